The van der Waals surface area contributed by atoms with Crippen molar-refractivity contribution in [2.75, 3.05) is 5.32 Å². The summed E-state index contributed by atoms with van der Waals surface area (Å²) in [6.07, 6.45) is 1.66. The number of thiophene rings is 1. The highest BCUT2D eigenvalue weighted by Crippen LogP contribution is 2.30. The quantitative estimate of drug-likeness (QED) is 0.514. The van der Waals surface area contributed by atoms with Gasteiger partial charge in [0.1, 0.15) is 4.83 Å². The number of aromatic nitrogens is 2. The van der Waals surface area contributed by atoms with Crippen LogP contribution < -0.4 is 10.9 Å². The molecule has 0 aliphatic heterocycles. The van der Waals surface area contributed by atoms with Gasteiger partial charge >= 0.3 is 0 Å². The van der Waals surface area contributed by atoms with Crippen LogP contribution in [0.4, 0.5) is 5.69 Å². The highest BCUT2D eigenvalue weighted by atomic mass is 35.5. The summed E-state index contributed by atoms with van der Waals surface area (Å²) in [5, 5.41) is 5.88. The van der Waals surface area contributed by atoms with E-state index in [1.54, 1.807) is 24.3 Å². The standard InChI is InChI=1S/C21H16ClN3O2S/c22-15-7-4-8-16(11-15)24-18(26)9-10-25-13-23-20-19(21(25)27)17(12-28-20)14-5-2-1-3-6-14/h1-8,11-13H,9-10H2,(H,24,26). The zero-order chi connectivity index (χ0) is 19.5. The number of carbonyl (C=O) groups excluding carboxylic acids is 1. The number of benzene rings is 2. The van der Waals surface area contributed by atoms with Crippen molar-refractivity contribution in [1.29, 1.82) is 0 Å². The van der Waals surface area contributed by atoms with E-state index in [1.807, 2.05) is 35.7 Å². The molecule has 0 atom stereocenters. The first-order chi connectivity index (χ1) is 13.6. The van der Waals surface area contributed by atoms with Gasteiger partial charge < -0.3 is 5.32 Å². The molecule has 0 spiro atoms. The summed E-state index contributed by atoms with van der Waals surface area (Å²) in [6, 6.07) is 16.7. The molecule has 0 aliphatic carbocycles. The Bertz CT molecular complexity index is 1200. The maximum atomic E-state index is 13.0. The molecule has 28 heavy (non-hydrogen) atoms. The summed E-state index contributed by atoms with van der Waals surface area (Å²) in [7, 11) is 0. The van der Waals surface area contributed by atoms with Gasteiger partial charge in [0, 0.05) is 34.6 Å². The second-order valence-electron chi connectivity index (χ2n) is 6.25. The van der Waals surface area contributed by atoms with E-state index in [9.17, 15) is 9.59 Å². The van der Waals surface area contributed by atoms with Crippen LogP contribution >= 0.6 is 22.9 Å². The molecule has 2 aromatic heterocycles. The Morgan fingerprint density at radius 2 is 1.96 bits per heavy atom. The van der Waals surface area contributed by atoms with Gasteiger partial charge in [-0.2, -0.15) is 0 Å². The van der Waals surface area contributed by atoms with E-state index < -0.39 is 0 Å². The largest absolute Gasteiger partial charge is 0.326 e. The Kier molecular flexibility index (Phi) is 5.23. The molecule has 7 heteroatoms. The van der Waals surface area contributed by atoms with E-state index in [4.69, 9.17) is 11.6 Å². The van der Waals surface area contributed by atoms with Crippen molar-refractivity contribution in [1.82, 2.24) is 9.55 Å². The summed E-state index contributed by atoms with van der Waals surface area (Å²) in [4.78, 5) is 30.3. The summed E-state index contributed by atoms with van der Waals surface area (Å²) in [5.41, 5.74) is 2.34. The minimum atomic E-state index is -0.192. The second-order valence-corrected chi connectivity index (χ2v) is 7.54. The minimum absolute atomic E-state index is 0.138. The van der Waals surface area contributed by atoms with Crippen LogP contribution in [0, 0.1) is 0 Å². The summed E-state index contributed by atoms with van der Waals surface area (Å²) >= 11 is 7.37. The number of carbonyl (C=O) groups is 1. The lowest BCUT2D eigenvalue weighted by molar-refractivity contribution is -0.116. The number of nitrogens with zero attached hydrogens (tertiary/aromatic N) is 2. The average molecular weight is 410 g/mol. The van der Waals surface area contributed by atoms with Crippen molar-refractivity contribution >= 4 is 44.7 Å². The second kappa shape index (κ2) is 7.96. The Morgan fingerprint density at radius 1 is 1.14 bits per heavy atom. The monoisotopic (exact) mass is 409 g/mol. The van der Waals surface area contributed by atoms with E-state index in [2.05, 4.69) is 10.3 Å². The highest BCUT2D eigenvalue weighted by molar-refractivity contribution is 7.17. The van der Waals surface area contributed by atoms with Crippen LogP contribution in [0.2, 0.25) is 5.02 Å². The molecule has 0 radical (unpaired) electrons. The first-order valence-corrected chi connectivity index (χ1v) is 9.95. The molecule has 1 amide bonds. The Balaban J connectivity index is 1.55. The number of halogens is 1. The zero-order valence-electron chi connectivity index (χ0n) is 14.8. The third kappa shape index (κ3) is 3.83. The Hall–Kier alpha value is -2.96. The molecular weight excluding hydrogens is 394 g/mol. The van der Waals surface area contributed by atoms with Crippen molar-refractivity contribution < 1.29 is 4.79 Å². The first-order valence-electron chi connectivity index (χ1n) is 8.69. The molecule has 0 bridgehead atoms. The van der Waals surface area contributed by atoms with Gasteiger partial charge in [-0.15, -0.1) is 11.3 Å². The van der Waals surface area contributed by atoms with Gasteiger partial charge in [-0.3, -0.25) is 14.2 Å². The third-order valence-corrected chi connectivity index (χ3v) is 5.46. The van der Waals surface area contributed by atoms with Crippen LogP contribution in [0.25, 0.3) is 21.3 Å². The molecule has 0 unspecified atom stereocenters. The summed E-state index contributed by atoms with van der Waals surface area (Å²) < 4.78 is 1.49. The number of anilines is 1. The SMILES string of the molecule is O=C(CCn1cnc2scc(-c3ccccc3)c2c1=O)Nc1cccc(Cl)c1. The fraction of sp³-hybridized carbons (Fsp3) is 0.0952. The lowest BCUT2D eigenvalue weighted by Crippen LogP contribution is -2.23. The van der Waals surface area contributed by atoms with Gasteiger partial charge in [0.15, 0.2) is 0 Å². The van der Waals surface area contributed by atoms with Gasteiger partial charge in [-0.25, -0.2) is 4.98 Å². The molecule has 1 N–H and O–H groups in total. The van der Waals surface area contributed by atoms with Gasteiger partial charge in [-0.05, 0) is 23.8 Å². The molecule has 5 nitrogen and oxygen atoms in total. The maximum Gasteiger partial charge on any atom is 0.262 e. The number of hydrogen-bond donors (Lipinski definition) is 1. The fourth-order valence-electron chi connectivity index (χ4n) is 2.97. The van der Waals surface area contributed by atoms with Crippen molar-refractivity contribution in [3.8, 4) is 11.1 Å². The predicted molar refractivity (Wildman–Crippen MR) is 114 cm³/mol. The molecule has 2 heterocycles. The number of rotatable bonds is 5. The van der Waals surface area contributed by atoms with E-state index >= 15 is 0 Å². The minimum Gasteiger partial charge on any atom is -0.326 e. The van der Waals surface area contributed by atoms with Crippen molar-refractivity contribution in [2.45, 2.75) is 13.0 Å². The number of aryl methyl sites for hydroxylation is 1. The van der Waals surface area contributed by atoms with Crippen LogP contribution in [0.1, 0.15) is 6.42 Å². The Labute approximate surface area is 170 Å². The fourth-order valence-corrected chi connectivity index (χ4v) is 4.07. The van der Waals surface area contributed by atoms with Crippen molar-refractivity contribution in [3.05, 3.63) is 81.7 Å². The van der Waals surface area contributed by atoms with Crippen LogP contribution in [0.5, 0.6) is 0 Å². The van der Waals surface area contributed by atoms with Crippen molar-refractivity contribution in [2.24, 2.45) is 0 Å². The van der Waals surface area contributed by atoms with Crippen LogP contribution in [-0.2, 0) is 11.3 Å². The molecule has 4 rings (SSSR count). The molecule has 0 saturated heterocycles. The smallest absolute Gasteiger partial charge is 0.262 e. The van der Waals surface area contributed by atoms with Crippen LogP contribution in [0.15, 0.2) is 71.1 Å². The predicted octanol–water partition coefficient (Wildman–Crippen LogP) is 4.81. The molecule has 0 aliphatic rings. The maximum absolute atomic E-state index is 13.0. The third-order valence-electron chi connectivity index (χ3n) is 4.33. The molecule has 140 valence electrons. The molecule has 4 aromatic rings. The van der Waals surface area contributed by atoms with Gasteiger partial charge in [0.25, 0.3) is 5.56 Å². The topological polar surface area (TPSA) is 64.0 Å². The normalized spacial score (nSPS) is 10.9. The van der Waals surface area contributed by atoms with E-state index in [-0.39, 0.29) is 24.4 Å². The van der Waals surface area contributed by atoms with E-state index in [1.165, 1.54) is 22.2 Å². The summed E-state index contributed by atoms with van der Waals surface area (Å²) in [6.45, 7) is 0.248. The molecule has 2 aromatic carbocycles. The van der Waals surface area contributed by atoms with Gasteiger partial charge in [-0.1, -0.05) is 48.0 Å². The Morgan fingerprint density at radius 3 is 2.75 bits per heavy atom. The number of nitrogens with one attached hydrogen (secondary N) is 1. The van der Waals surface area contributed by atoms with E-state index in [0.29, 0.717) is 20.9 Å². The van der Waals surface area contributed by atoms with Crippen molar-refractivity contribution in [3.63, 3.8) is 0 Å². The lowest BCUT2D eigenvalue weighted by atomic mass is 10.1. The summed E-state index contributed by atoms with van der Waals surface area (Å²) in [5.74, 6) is -0.192. The lowest BCUT2D eigenvalue weighted by Gasteiger charge is -2.08. The highest BCUT2D eigenvalue weighted by Gasteiger charge is 2.13. The van der Waals surface area contributed by atoms with Gasteiger partial charge in [0.2, 0.25) is 5.91 Å². The zero-order valence-corrected chi connectivity index (χ0v) is 16.3. The number of amides is 1. The van der Waals surface area contributed by atoms with Gasteiger partial charge in [0.05, 0.1) is 11.7 Å². The number of fused-ring (bicyclic) bond motifs is 1. The molecule has 0 fully saturated rings. The van der Waals surface area contributed by atoms with Crippen LogP contribution in [-0.4, -0.2) is 15.5 Å². The first kappa shape index (κ1) is 18.4. The van der Waals surface area contributed by atoms with E-state index in [0.717, 1.165) is 11.1 Å². The average Bonchev–Trinajstić information content (AvgIpc) is 3.13. The molecule has 0 saturated carbocycles. The molecular formula is C21H16ClN3O2S. The number of hydrogen-bond acceptors (Lipinski definition) is 4. The van der Waals surface area contributed by atoms with Crippen LogP contribution in [0.3, 0.4) is 0 Å².